The van der Waals surface area contributed by atoms with Crippen molar-refractivity contribution in [3.05, 3.63) is 86.7 Å². The van der Waals surface area contributed by atoms with Crippen LogP contribution in [0.1, 0.15) is 22.7 Å². The molecule has 10 nitrogen and oxygen atoms in total. The van der Waals surface area contributed by atoms with Crippen molar-refractivity contribution in [2.75, 3.05) is 20.0 Å². The molecule has 2 aromatic carbocycles. The van der Waals surface area contributed by atoms with Gasteiger partial charge in [0, 0.05) is 11.1 Å². The molecule has 4 N–H and O–H groups in total. The molecule has 1 aliphatic heterocycles. The molecule has 34 heavy (non-hydrogen) atoms. The van der Waals surface area contributed by atoms with Crippen LogP contribution < -0.4 is 37.5 Å². The van der Waals surface area contributed by atoms with E-state index in [1.807, 2.05) is 0 Å². The van der Waals surface area contributed by atoms with Gasteiger partial charge in [0.2, 0.25) is 11.4 Å². The molecular formula is C24H20N4O6. The Hall–Kier alpha value is -4.73. The van der Waals surface area contributed by atoms with Crippen molar-refractivity contribution in [1.82, 2.24) is 9.55 Å². The average molecular weight is 460 g/mol. The number of primary amides is 1. The lowest BCUT2D eigenvalue weighted by Crippen LogP contribution is -2.38. The number of amides is 1. The van der Waals surface area contributed by atoms with E-state index in [1.54, 1.807) is 54.6 Å². The number of carbonyl (C=O) groups is 1. The summed E-state index contributed by atoms with van der Waals surface area (Å²) in [7, 11) is 3.03. The van der Waals surface area contributed by atoms with Gasteiger partial charge < -0.3 is 29.8 Å². The first-order chi connectivity index (χ1) is 16.4. The molecule has 0 spiro atoms. The molecule has 0 fully saturated rings. The van der Waals surface area contributed by atoms with Gasteiger partial charge in [0.05, 0.1) is 25.7 Å². The van der Waals surface area contributed by atoms with E-state index in [0.717, 1.165) is 0 Å². The van der Waals surface area contributed by atoms with Gasteiger partial charge in [0.1, 0.15) is 22.5 Å². The number of fused-ring (bicyclic) bond motifs is 3. The van der Waals surface area contributed by atoms with Crippen LogP contribution in [0.5, 0.6) is 11.5 Å². The molecule has 0 radical (unpaired) electrons. The van der Waals surface area contributed by atoms with E-state index in [-0.39, 0.29) is 28.4 Å². The third kappa shape index (κ3) is 3.15. The first kappa shape index (κ1) is 21.1. The van der Waals surface area contributed by atoms with Crippen molar-refractivity contribution in [3.8, 4) is 17.4 Å². The van der Waals surface area contributed by atoms with E-state index >= 15 is 0 Å². The molecule has 0 aliphatic carbocycles. The van der Waals surface area contributed by atoms with Crippen LogP contribution in [0.4, 0.5) is 6.01 Å². The molecule has 1 atom stereocenters. The lowest BCUT2D eigenvalue weighted by atomic mass is 9.86. The Morgan fingerprint density at radius 1 is 1.06 bits per heavy atom. The number of nitrogens with zero attached hydrogens (tertiary/aromatic N) is 2. The van der Waals surface area contributed by atoms with E-state index in [0.29, 0.717) is 28.3 Å². The molecule has 3 heterocycles. The highest BCUT2D eigenvalue weighted by Crippen LogP contribution is 2.41. The summed E-state index contributed by atoms with van der Waals surface area (Å²) in [6, 6.07) is 14.1. The number of methoxy groups -OCH3 is 2. The third-order valence-corrected chi connectivity index (χ3v) is 5.64. The maximum atomic E-state index is 13.0. The Labute approximate surface area is 192 Å². The van der Waals surface area contributed by atoms with Crippen molar-refractivity contribution < 1.29 is 23.1 Å². The predicted octanol–water partition coefficient (Wildman–Crippen LogP) is 0.628. The number of oxazole rings is 2. The van der Waals surface area contributed by atoms with Gasteiger partial charge in [0.15, 0.2) is 0 Å². The first-order valence-electron chi connectivity index (χ1n) is 10.2. The summed E-state index contributed by atoms with van der Waals surface area (Å²) in [6.07, 6.45) is 1.57. The van der Waals surface area contributed by atoms with Crippen molar-refractivity contribution in [2.45, 2.75) is 5.92 Å². The number of para-hydroxylation sites is 2. The Kier molecular flexibility index (Phi) is 4.97. The SMILES string of the molecule is COc1ccccc1/C=c1\c(=O)oc2n1-c1oc(N)nc1[C@H](c1ccccc1OC)C=2C(N)=O. The number of benzene rings is 2. The number of hydrogen-bond acceptors (Lipinski definition) is 8. The summed E-state index contributed by atoms with van der Waals surface area (Å²) in [6.45, 7) is 0. The van der Waals surface area contributed by atoms with Crippen LogP contribution in [-0.4, -0.2) is 29.7 Å². The van der Waals surface area contributed by atoms with Crippen LogP contribution in [0.15, 0.2) is 62.2 Å². The summed E-state index contributed by atoms with van der Waals surface area (Å²) in [4.78, 5) is 30.1. The average Bonchev–Trinajstić information content (AvgIpc) is 3.37. The number of aromatic nitrogens is 2. The predicted molar refractivity (Wildman–Crippen MR) is 122 cm³/mol. The second kappa shape index (κ2) is 8.00. The van der Waals surface area contributed by atoms with Crippen LogP contribution in [-0.2, 0) is 4.79 Å². The van der Waals surface area contributed by atoms with Gasteiger partial charge in [-0.15, -0.1) is 0 Å². The molecule has 1 amide bonds. The highest BCUT2D eigenvalue weighted by atomic mass is 16.5. The minimum Gasteiger partial charge on any atom is -0.496 e. The molecule has 5 rings (SSSR count). The fourth-order valence-corrected chi connectivity index (χ4v) is 4.22. The second-order valence-corrected chi connectivity index (χ2v) is 7.50. The summed E-state index contributed by atoms with van der Waals surface area (Å²) in [5.74, 6) is -0.470. The summed E-state index contributed by atoms with van der Waals surface area (Å²) in [5.41, 5.74) is 12.5. The zero-order valence-corrected chi connectivity index (χ0v) is 18.3. The Morgan fingerprint density at radius 3 is 2.44 bits per heavy atom. The molecule has 0 saturated carbocycles. The van der Waals surface area contributed by atoms with Crippen molar-refractivity contribution in [1.29, 1.82) is 0 Å². The second-order valence-electron chi connectivity index (χ2n) is 7.50. The molecule has 0 bridgehead atoms. The lowest BCUT2D eigenvalue weighted by Gasteiger charge is -2.22. The maximum Gasteiger partial charge on any atom is 0.362 e. The van der Waals surface area contributed by atoms with Gasteiger partial charge in [0.25, 0.3) is 11.9 Å². The van der Waals surface area contributed by atoms with Gasteiger partial charge in [-0.25, -0.2) is 9.36 Å². The number of ether oxygens (including phenoxy) is 2. The van der Waals surface area contributed by atoms with Gasteiger partial charge in [-0.2, -0.15) is 4.98 Å². The zero-order chi connectivity index (χ0) is 24.0. The lowest BCUT2D eigenvalue weighted by molar-refractivity contribution is -0.113. The first-order valence-corrected chi connectivity index (χ1v) is 10.2. The number of nitrogens with two attached hydrogens (primary N) is 2. The molecule has 4 aromatic rings. The monoisotopic (exact) mass is 460 g/mol. The van der Waals surface area contributed by atoms with Crippen LogP contribution in [0.25, 0.3) is 17.5 Å². The normalized spacial score (nSPS) is 15.1. The van der Waals surface area contributed by atoms with Gasteiger partial charge in [-0.05, 0) is 18.2 Å². The van der Waals surface area contributed by atoms with Gasteiger partial charge in [-0.1, -0.05) is 36.4 Å². The largest absolute Gasteiger partial charge is 0.496 e. The van der Waals surface area contributed by atoms with E-state index < -0.39 is 17.5 Å². The topological polar surface area (TPSA) is 149 Å². The van der Waals surface area contributed by atoms with Crippen LogP contribution in [0.2, 0.25) is 0 Å². The van der Waals surface area contributed by atoms with E-state index in [2.05, 4.69) is 4.98 Å². The molecule has 1 aliphatic rings. The summed E-state index contributed by atoms with van der Waals surface area (Å²) >= 11 is 0. The number of carbonyl (C=O) groups excluding carboxylic acids is 1. The summed E-state index contributed by atoms with van der Waals surface area (Å²) in [5, 5.41) is 0.0779. The summed E-state index contributed by atoms with van der Waals surface area (Å²) < 4.78 is 23.5. The third-order valence-electron chi connectivity index (χ3n) is 5.64. The maximum absolute atomic E-state index is 13.0. The Morgan fingerprint density at radius 2 is 1.74 bits per heavy atom. The number of nitrogen functional groups attached to an aromatic ring is 1. The van der Waals surface area contributed by atoms with E-state index in [1.165, 1.54) is 18.8 Å². The highest BCUT2D eigenvalue weighted by molar-refractivity contribution is 6.15. The van der Waals surface area contributed by atoms with E-state index in [9.17, 15) is 9.59 Å². The number of hydrogen-bond donors (Lipinski definition) is 2. The van der Waals surface area contributed by atoms with Crippen molar-refractivity contribution in [2.24, 2.45) is 5.73 Å². The molecule has 0 unspecified atom stereocenters. The zero-order valence-electron chi connectivity index (χ0n) is 18.3. The fourth-order valence-electron chi connectivity index (χ4n) is 4.22. The fraction of sp³-hybridized carbons (Fsp3) is 0.125. The molecule has 0 saturated heterocycles. The highest BCUT2D eigenvalue weighted by Gasteiger charge is 2.39. The van der Waals surface area contributed by atoms with Gasteiger partial charge in [-0.3, -0.25) is 4.79 Å². The minimum atomic E-state index is -0.839. The molecular weight excluding hydrogens is 440 g/mol. The van der Waals surface area contributed by atoms with Crippen molar-refractivity contribution >= 4 is 23.6 Å². The quantitative estimate of drug-likeness (QED) is 0.440. The van der Waals surface area contributed by atoms with Crippen LogP contribution in [0, 0.1) is 0 Å². The Balaban J connectivity index is 1.93. The molecule has 10 heteroatoms. The number of rotatable bonds is 5. The van der Waals surface area contributed by atoms with Gasteiger partial charge >= 0.3 is 5.63 Å². The standard InChI is InChI=1S/C24H20N4O6/c1-31-15-9-5-3-7-12(15)11-14-23(30)33-21-18(20(25)29)17(13-8-4-6-10-16(13)32-2)19-22(28(14)21)34-24(26)27-19/h3-11,17H,1-2H3,(H2,25,29)(H2,26,27)/b14-11+/t17-/m1/s1. The smallest absolute Gasteiger partial charge is 0.362 e. The molecule has 172 valence electrons. The minimum absolute atomic E-state index is 0.0158. The van der Waals surface area contributed by atoms with E-state index in [4.69, 9.17) is 29.8 Å². The van der Waals surface area contributed by atoms with Crippen molar-refractivity contribution in [3.63, 3.8) is 0 Å². The molecule has 2 aromatic heterocycles. The van der Waals surface area contributed by atoms with Crippen LogP contribution in [0.3, 0.4) is 0 Å². The van der Waals surface area contributed by atoms with Crippen LogP contribution >= 0.6 is 0 Å². The Bertz CT molecular complexity index is 1610. The number of anilines is 1.